The van der Waals surface area contributed by atoms with Gasteiger partial charge in [0.2, 0.25) is 5.91 Å². The van der Waals surface area contributed by atoms with Gasteiger partial charge in [0.25, 0.3) is 5.91 Å². The first-order chi connectivity index (χ1) is 12.3. The van der Waals surface area contributed by atoms with Crippen molar-refractivity contribution >= 4 is 29.1 Å². The highest BCUT2D eigenvalue weighted by molar-refractivity contribution is 6.30. The van der Waals surface area contributed by atoms with Crippen LogP contribution in [0, 0.1) is 6.92 Å². The van der Waals surface area contributed by atoms with Gasteiger partial charge in [-0.25, -0.2) is 0 Å². The summed E-state index contributed by atoms with van der Waals surface area (Å²) < 4.78 is 0. The molecule has 0 spiro atoms. The van der Waals surface area contributed by atoms with Gasteiger partial charge < -0.3 is 15.5 Å². The third-order valence-corrected chi connectivity index (χ3v) is 4.44. The average molecular weight is 375 g/mol. The van der Waals surface area contributed by atoms with Crippen LogP contribution in [0.1, 0.15) is 24.1 Å². The predicted molar refractivity (Wildman–Crippen MR) is 104 cm³/mol. The Bertz CT molecular complexity index is 745. The quantitative estimate of drug-likeness (QED) is 0.781. The summed E-state index contributed by atoms with van der Waals surface area (Å²) in [7, 11) is 1.64. The van der Waals surface area contributed by atoms with E-state index in [-0.39, 0.29) is 30.9 Å². The summed E-state index contributed by atoms with van der Waals surface area (Å²) in [5, 5.41) is 5.43. The van der Waals surface area contributed by atoms with Crippen LogP contribution in [0.25, 0.3) is 0 Å². The molecule has 26 heavy (non-hydrogen) atoms. The number of carbonyl (C=O) groups excluding carboxylic acids is 2. The maximum Gasteiger partial charge on any atom is 0.277 e. The van der Waals surface area contributed by atoms with Crippen LogP contribution in [0.2, 0.25) is 5.02 Å². The Kier molecular flexibility index (Phi) is 7.18. The molecule has 0 radical (unpaired) electrons. The van der Waals surface area contributed by atoms with Crippen molar-refractivity contribution in [3.63, 3.8) is 0 Å². The number of hydrogen-bond donors (Lipinski definition) is 2. The summed E-state index contributed by atoms with van der Waals surface area (Å²) in [6, 6.07) is 15.3. The van der Waals surface area contributed by atoms with Crippen molar-refractivity contribution in [3.8, 4) is 0 Å². The summed E-state index contributed by atoms with van der Waals surface area (Å²) in [5.41, 5.74) is 2.95. The number of nitrogens with zero attached hydrogens (tertiary/aromatic N) is 1. The van der Waals surface area contributed by atoms with Gasteiger partial charge >= 0.3 is 0 Å². The zero-order valence-electron chi connectivity index (χ0n) is 15.3. The third kappa shape index (κ3) is 6.17. The zero-order chi connectivity index (χ0) is 19.1. The highest BCUT2D eigenvalue weighted by Crippen LogP contribution is 2.13. The van der Waals surface area contributed by atoms with Crippen LogP contribution in [0.3, 0.4) is 0 Å². The number of carbonyl (C=O) groups is 2. The van der Waals surface area contributed by atoms with Gasteiger partial charge in [0.05, 0.1) is 6.54 Å². The van der Waals surface area contributed by atoms with Gasteiger partial charge in [-0.1, -0.05) is 41.4 Å². The number of nitrogens with two attached hydrogens (primary N) is 1. The number of rotatable bonds is 7. The lowest BCUT2D eigenvalue weighted by Crippen LogP contribution is -2.87. The van der Waals surface area contributed by atoms with Crippen molar-refractivity contribution in [1.82, 2.24) is 4.90 Å². The molecule has 0 bridgehead atoms. The summed E-state index contributed by atoms with van der Waals surface area (Å²) >= 11 is 5.89. The van der Waals surface area contributed by atoms with Gasteiger partial charge in [-0.3, -0.25) is 9.59 Å². The highest BCUT2D eigenvalue weighted by Gasteiger charge is 2.17. The summed E-state index contributed by atoms with van der Waals surface area (Å²) in [4.78, 5) is 25.8. The van der Waals surface area contributed by atoms with E-state index in [4.69, 9.17) is 11.6 Å². The van der Waals surface area contributed by atoms with Gasteiger partial charge in [0.1, 0.15) is 6.04 Å². The standard InChI is InChI=1S/C20H24ClN3O2/c1-14-4-10-18(11-5-14)23-19(25)13-24(3)20(26)12-22-15(2)16-6-8-17(21)9-7-16/h4-11,15,22H,12-13H2,1-3H3,(H,23,25)/p+1/t15-/m1/s1. The van der Waals surface area contributed by atoms with E-state index in [1.54, 1.807) is 7.05 Å². The van der Waals surface area contributed by atoms with Crippen molar-refractivity contribution in [3.05, 3.63) is 64.7 Å². The van der Waals surface area contributed by atoms with Gasteiger partial charge in [-0.15, -0.1) is 0 Å². The van der Waals surface area contributed by atoms with Crippen LogP contribution in [-0.2, 0) is 9.59 Å². The van der Waals surface area contributed by atoms with Crippen LogP contribution >= 0.6 is 11.6 Å². The van der Waals surface area contributed by atoms with E-state index in [1.807, 2.05) is 67.7 Å². The first-order valence-corrected chi connectivity index (χ1v) is 8.92. The molecule has 2 amide bonds. The molecule has 6 heteroatoms. The lowest BCUT2D eigenvalue weighted by atomic mass is 10.1. The molecule has 0 saturated heterocycles. The molecule has 0 aliphatic rings. The second kappa shape index (κ2) is 9.36. The number of quaternary nitrogens is 1. The number of aryl methyl sites for hydroxylation is 1. The van der Waals surface area contributed by atoms with Crippen molar-refractivity contribution in [2.45, 2.75) is 19.9 Å². The first-order valence-electron chi connectivity index (χ1n) is 8.54. The third-order valence-electron chi connectivity index (χ3n) is 4.18. The van der Waals surface area contributed by atoms with Crippen molar-refractivity contribution in [2.75, 3.05) is 25.5 Å². The Morgan fingerprint density at radius 3 is 2.35 bits per heavy atom. The molecule has 2 rings (SSSR count). The number of anilines is 1. The van der Waals surface area contributed by atoms with Crippen LogP contribution in [0.15, 0.2) is 48.5 Å². The van der Waals surface area contributed by atoms with Crippen LogP contribution in [-0.4, -0.2) is 36.9 Å². The molecular weight excluding hydrogens is 350 g/mol. The number of benzene rings is 2. The fourth-order valence-corrected chi connectivity index (χ4v) is 2.60. The van der Waals surface area contributed by atoms with E-state index < -0.39 is 0 Å². The lowest BCUT2D eigenvalue weighted by Gasteiger charge is -2.17. The first kappa shape index (κ1) is 19.9. The topological polar surface area (TPSA) is 66.0 Å². The molecule has 0 unspecified atom stereocenters. The van der Waals surface area contributed by atoms with E-state index in [9.17, 15) is 9.59 Å². The lowest BCUT2D eigenvalue weighted by molar-refractivity contribution is -0.683. The summed E-state index contributed by atoms with van der Waals surface area (Å²) in [6.45, 7) is 4.31. The van der Waals surface area contributed by atoms with Crippen molar-refractivity contribution in [2.24, 2.45) is 0 Å². The van der Waals surface area contributed by atoms with Gasteiger partial charge in [-0.2, -0.15) is 0 Å². The Morgan fingerprint density at radius 1 is 1.12 bits per heavy atom. The number of amides is 2. The Morgan fingerprint density at radius 2 is 1.73 bits per heavy atom. The Balaban J connectivity index is 1.78. The second-order valence-electron chi connectivity index (χ2n) is 6.44. The number of hydrogen-bond acceptors (Lipinski definition) is 2. The van der Waals surface area contributed by atoms with Crippen molar-refractivity contribution in [1.29, 1.82) is 0 Å². The van der Waals surface area contributed by atoms with E-state index in [2.05, 4.69) is 5.32 Å². The normalized spacial score (nSPS) is 11.7. The summed E-state index contributed by atoms with van der Waals surface area (Å²) in [5.74, 6) is -0.305. The zero-order valence-corrected chi connectivity index (χ0v) is 16.1. The maximum atomic E-state index is 12.3. The van der Waals surface area contributed by atoms with Crippen LogP contribution < -0.4 is 10.6 Å². The minimum atomic E-state index is -0.213. The molecule has 0 aromatic heterocycles. The molecule has 5 nitrogen and oxygen atoms in total. The maximum absolute atomic E-state index is 12.3. The number of halogens is 1. The van der Waals surface area contributed by atoms with E-state index in [1.165, 1.54) is 4.90 Å². The fourth-order valence-electron chi connectivity index (χ4n) is 2.48. The van der Waals surface area contributed by atoms with Gasteiger partial charge in [-0.05, 0) is 38.1 Å². The molecule has 2 aromatic rings. The average Bonchev–Trinajstić information content (AvgIpc) is 2.61. The van der Waals surface area contributed by atoms with E-state index in [0.717, 1.165) is 16.8 Å². The predicted octanol–water partition coefficient (Wildman–Crippen LogP) is 2.37. The molecule has 2 aromatic carbocycles. The minimum absolute atomic E-state index is 0.0237. The largest absolute Gasteiger partial charge is 0.333 e. The second-order valence-corrected chi connectivity index (χ2v) is 6.88. The van der Waals surface area contributed by atoms with E-state index >= 15 is 0 Å². The molecule has 3 N–H and O–H groups in total. The number of nitrogens with one attached hydrogen (secondary N) is 1. The monoisotopic (exact) mass is 374 g/mol. The minimum Gasteiger partial charge on any atom is -0.333 e. The molecule has 0 aliphatic carbocycles. The smallest absolute Gasteiger partial charge is 0.277 e. The molecule has 138 valence electrons. The molecule has 0 saturated carbocycles. The van der Waals surface area contributed by atoms with Crippen LogP contribution in [0.5, 0.6) is 0 Å². The molecule has 0 aliphatic heterocycles. The number of likely N-dealkylation sites (N-methyl/N-ethyl adjacent to an activating group) is 1. The van der Waals surface area contributed by atoms with Crippen molar-refractivity contribution < 1.29 is 14.9 Å². The van der Waals surface area contributed by atoms with Gasteiger partial charge in [0.15, 0.2) is 6.54 Å². The summed E-state index contributed by atoms with van der Waals surface area (Å²) in [6.07, 6.45) is 0. The molecule has 0 fully saturated rings. The fraction of sp³-hybridized carbons (Fsp3) is 0.300. The van der Waals surface area contributed by atoms with E-state index in [0.29, 0.717) is 5.02 Å². The molecular formula is C20H25ClN3O2+. The van der Waals surface area contributed by atoms with Crippen LogP contribution in [0.4, 0.5) is 5.69 Å². The Hall–Kier alpha value is -2.37. The van der Waals surface area contributed by atoms with Gasteiger partial charge in [0, 0.05) is 23.3 Å². The molecule has 1 atom stereocenters. The SMILES string of the molecule is Cc1ccc(NC(=O)CN(C)C(=O)C[NH2+][C@H](C)c2ccc(Cl)cc2)cc1. The Labute approximate surface area is 159 Å². The highest BCUT2D eigenvalue weighted by atomic mass is 35.5. The molecule has 0 heterocycles.